The lowest BCUT2D eigenvalue weighted by Gasteiger charge is -2.04. The molecule has 0 amide bonds. The van der Waals surface area contributed by atoms with Crippen LogP contribution in [0.1, 0.15) is 12.5 Å². The summed E-state index contributed by atoms with van der Waals surface area (Å²) in [6.45, 7) is 1.90. The normalized spacial score (nSPS) is 9.27. The second-order valence-corrected chi connectivity index (χ2v) is 2.87. The van der Waals surface area contributed by atoms with Crippen molar-refractivity contribution < 1.29 is 4.74 Å². The Bertz CT molecular complexity index is 268. The molecule has 1 nitrogen and oxygen atoms in total. The molecule has 0 aliphatic rings. The number of para-hydroxylation sites is 1. The minimum absolute atomic E-state index is 0.847. The molecule has 58 valence electrons. The third kappa shape index (κ3) is 1.77. The maximum absolute atomic E-state index is 5.12. The van der Waals surface area contributed by atoms with Gasteiger partial charge in [-0.25, -0.2) is 0 Å². The second-order valence-electron chi connectivity index (χ2n) is 2.26. The van der Waals surface area contributed by atoms with Crippen molar-refractivity contribution in [1.29, 1.82) is 0 Å². The quantitative estimate of drug-likeness (QED) is 0.493. The highest BCUT2D eigenvalue weighted by Gasteiger charge is 2.01. The number of thiocarbonyl (C=S) groups is 1. The Balaban J connectivity index is 3.12. The van der Waals surface area contributed by atoms with Gasteiger partial charge in [-0.3, -0.25) is 0 Å². The predicted molar refractivity (Wildman–Crippen MR) is 50.4 cm³/mol. The van der Waals surface area contributed by atoms with Crippen LogP contribution in [0.25, 0.3) is 0 Å². The standard InChI is InChI=1S/C9H10OS/c1-7(11)8-5-3-4-6-9(8)10-2/h3-6H,1-2H3. The molecule has 11 heavy (non-hydrogen) atoms. The van der Waals surface area contributed by atoms with Gasteiger partial charge in [-0.15, -0.1) is 0 Å². The largest absolute Gasteiger partial charge is 0.496 e. The van der Waals surface area contributed by atoms with Gasteiger partial charge >= 0.3 is 0 Å². The van der Waals surface area contributed by atoms with Crippen LogP contribution in [0.15, 0.2) is 24.3 Å². The van der Waals surface area contributed by atoms with E-state index in [1.807, 2.05) is 31.2 Å². The molecule has 0 aliphatic carbocycles. The van der Waals surface area contributed by atoms with Crippen LogP contribution in [-0.2, 0) is 0 Å². The first-order valence-corrected chi connectivity index (χ1v) is 3.80. The van der Waals surface area contributed by atoms with Gasteiger partial charge in [-0.2, -0.15) is 0 Å². The maximum atomic E-state index is 5.12. The fourth-order valence-corrected chi connectivity index (χ4v) is 1.10. The van der Waals surface area contributed by atoms with Crippen molar-refractivity contribution >= 4 is 17.1 Å². The SMILES string of the molecule is COc1ccccc1C(C)=S. The lowest BCUT2D eigenvalue weighted by atomic mass is 10.1. The Morgan fingerprint density at radius 2 is 2.00 bits per heavy atom. The Morgan fingerprint density at radius 1 is 1.36 bits per heavy atom. The Morgan fingerprint density at radius 3 is 2.45 bits per heavy atom. The number of hydrogen-bond acceptors (Lipinski definition) is 2. The van der Waals surface area contributed by atoms with E-state index >= 15 is 0 Å². The summed E-state index contributed by atoms with van der Waals surface area (Å²) in [5.41, 5.74) is 1.00. The first-order valence-electron chi connectivity index (χ1n) is 3.39. The van der Waals surface area contributed by atoms with Crippen LogP contribution in [0, 0.1) is 0 Å². The molecule has 0 aromatic heterocycles. The van der Waals surface area contributed by atoms with E-state index in [2.05, 4.69) is 0 Å². The summed E-state index contributed by atoms with van der Waals surface area (Å²) in [6, 6.07) is 7.75. The summed E-state index contributed by atoms with van der Waals surface area (Å²) in [5, 5.41) is 0. The van der Waals surface area contributed by atoms with E-state index in [1.54, 1.807) is 7.11 Å². The third-order valence-electron chi connectivity index (χ3n) is 1.49. The molecular formula is C9H10OS. The molecule has 0 N–H and O–H groups in total. The van der Waals surface area contributed by atoms with E-state index < -0.39 is 0 Å². The highest BCUT2D eigenvalue weighted by Crippen LogP contribution is 2.17. The molecule has 1 aromatic rings. The van der Waals surface area contributed by atoms with Crippen LogP contribution < -0.4 is 4.74 Å². The summed E-state index contributed by atoms with van der Waals surface area (Å²) in [5.74, 6) is 0.847. The van der Waals surface area contributed by atoms with Crippen molar-refractivity contribution in [2.45, 2.75) is 6.92 Å². The molecule has 2 heteroatoms. The van der Waals surface area contributed by atoms with Crippen LogP contribution in [0.5, 0.6) is 5.75 Å². The molecule has 0 radical (unpaired) electrons. The van der Waals surface area contributed by atoms with Crippen molar-refractivity contribution in [3.8, 4) is 5.75 Å². The van der Waals surface area contributed by atoms with Gasteiger partial charge < -0.3 is 4.74 Å². The summed E-state index contributed by atoms with van der Waals surface area (Å²) in [7, 11) is 1.65. The molecule has 0 saturated carbocycles. The van der Waals surface area contributed by atoms with Gasteiger partial charge in [0.25, 0.3) is 0 Å². The summed E-state index contributed by atoms with van der Waals surface area (Å²) >= 11 is 5.04. The van der Waals surface area contributed by atoms with Crippen LogP contribution in [0.2, 0.25) is 0 Å². The van der Waals surface area contributed by atoms with E-state index in [-0.39, 0.29) is 0 Å². The van der Waals surface area contributed by atoms with E-state index in [9.17, 15) is 0 Å². The second kappa shape index (κ2) is 3.49. The molecule has 0 spiro atoms. The van der Waals surface area contributed by atoms with E-state index in [4.69, 9.17) is 17.0 Å². The number of rotatable bonds is 2. The van der Waals surface area contributed by atoms with Gasteiger partial charge in [0.1, 0.15) is 5.75 Å². The monoisotopic (exact) mass is 166 g/mol. The Labute approximate surface area is 72.0 Å². The van der Waals surface area contributed by atoms with Gasteiger partial charge in [0.2, 0.25) is 0 Å². The Kier molecular flexibility index (Phi) is 2.60. The van der Waals surface area contributed by atoms with Crippen LogP contribution in [0.4, 0.5) is 0 Å². The molecule has 1 aromatic carbocycles. The third-order valence-corrected chi connectivity index (χ3v) is 1.71. The highest BCUT2D eigenvalue weighted by atomic mass is 32.1. The Hall–Kier alpha value is -0.890. The number of hydrogen-bond donors (Lipinski definition) is 0. The van der Waals surface area contributed by atoms with Crippen LogP contribution in [0.3, 0.4) is 0 Å². The fourth-order valence-electron chi connectivity index (χ4n) is 0.935. The highest BCUT2D eigenvalue weighted by molar-refractivity contribution is 7.80. The molecule has 0 saturated heterocycles. The molecule has 0 unspecified atom stereocenters. The van der Waals surface area contributed by atoms with Gasteiger partial charge in [-0.1, -0.05) is 30.4 Å². The van der Waals surface area contributed by atoms with Crippen molar-refractivity contribution in [3.05, 3.63) is 29.8 Å². The molecule has 0 atom stereocenters. The zero-order chi connectivity index (χ0) is 8.27. The van der Waals surface area contributed by atoms with Crippen LogP contribution in [-0.4, -0.2) is 12.0 Å². The first-order chi connectivity index (χ1) is 5.25. The van der Waals surface area contributed by atoms with Gasteiger partial charge in [-0.05, 0) is 13.0 Å². The molecule has 0 aliphatic heterocycles. The smallest absolute Gasteiger partial charge is 0.127 e. The minimum Gasteiger partial charge on any atom is -0.496 e. The predicted octanol–water partition coefficient (Wildman–Crippen LogP) is 2.43. The molecule has 1 rings (SSSR count). The summed E-state index contributed by atoms with van der Waals surface area (Å²) in [6.07, 6.45) is 0. The van der Waals surface area contributed by atoms with E-state index in [0.29, 0.717) is 0 Å². The van der Waals surface area contributed by atoms with Gasteiger partial charge in [0.15, 0.2) is 0 Å². The first kappa shape index (κ1) is 8.21. The topological polar surface area (TPSA) is 9.23 Å². The van der Waals surface area contributed by atoms with E-state index in [1.165, 1.54) is 0 Å². The fraction of sp³-hybridized carbons (Fsp3) is 0.222. The summed E-state index contributed by atoms with van der Waals surface area (Å²) in [4.78, 5) is 0.863. The molecule has 0 fully saturated rings. The number of benzene rings is 1. The number of methoxy groups -OCH3 is 1. The minimum atomic E-state index is 0.847. The van der Waals surface area contributed by atoms with E-state index in [0.717, 1.165) is 16.2 Å². The van der Waals surface area contributed by atoms with Gasteiger partial charge in [0.05, 0.1) is 7.11 Å². The number of ether oxygens (including phenoxy) is 1. The zero-order valence-electron chi connectivity index (χ0n) is 6.63. The average molecular weight is 166 g/mol. The van der Waals surface area contributed by atoms with Crippen LogP contribution >= 0.6 is 12.2 Å². The van der Waals surface area contributed by atoms with Crippen molar-refractivity contribution in [2.75, 3.05) is 7.11 Å². The zero-order valence-corrected chi connectivity index (χ0v) is 7.44. The average Bonchev–Trinajstić information content (AvgIpc) is 2.04. The molecular weight excluding hydrogens is 156 g/mol. The van der Waals surface area contributed by atoms with Crippen molar-refractivity contribution in [2.24, 2.45) is 0 Å². The lowest BCUT2D eigenvalue weighted by molar-refractivity contribution is 0.414. The van der Waals surface area contributed by atoms with Crippen molar-refractivity contribution in [3.63, 3.8) is 0 Å². The van der Waals surface area contributed by atoms with Gasteiger partial charge in [0, 0.05) is 10.4 Å². The summed E-state index contributed by atoms with van der Waals surface area (Å²) < 4.78 is 5.12. The lowest BCUT2D eigenvalue weighted by Crippen LogP contribution is -1.94. The van der Waals surface area contributed by atoms with Crippen molar-refractivity contribution in [1.82, 2.24) is 0 Å². The molecule has 0 heterocycles. The molecule has 0 bridgehead atoms. The maximum Gasteiger partial charge on any atom is 0.127 e.